The lowest BCUT2D eigenvalue weighted by atomic mass is 10.1. The highest BCUT2D eigenvalue weighted by Crippen LogP contribution is 2.02. The Balaban J connectivity index is 2.29. The van der Waals surface area contributed by atoms with Gasteiger partial charge in [-0.2, -0.15) is 0 Å². The molecule has 0 aliphatic heterocycles. The van der Waals surface area contributed by atoms with Crippen molar-refractivity contribution in [2.75, 3.05) is 19.3 Å². The molecule has 0 heterocycles. The highest BCUT2D eigenvalue weighted by molar-refractivity contribution is 7.89. The number of sulfonamides is 1. The van der Waals surface area contributed by atoms with Gasteiger partial charge in [-0.1, -0.05) is 29.8 Å². The molecule has 0 aliphatic rings. The third kappa shape index (κ3) is 4.74. The summed E-state index contributed by atoms with van der Waals surface area (Å²) in [5.74, 6) is 0.107. The van der Waals surface area contributed by atoms with E-state index >= 15 is 0 Å². The van der Waals surface area contributed by atoms with Crippen LogP contribution < -0.4 is 10.0 Å². The molecule has 16 heavy (non-hydrogen) atoms. The fraction of sp³-hybridized carbons (Fsp3) is 0.455. The van der Waals surface area contributed by atoms with E-state index in [0.29, 0.717) is 13.1 Å². The first-order chi connectivity index (χ1) is 7.53. The van der Waals surface area contributed by atoms with Gasteiger partial charge in [0.15, 0.2) is 0 Å². The number of aryl methyl sites for hydroxylation is 1. The molecule has 0 fully saturated rings. The molecular formula is C11H18N2O2S. The molecule has 0 saturated carbocycles. The van der Waals surface area contributed by atoms with Crippen molar-refractivity contribution >= 4 is 10.0 Å². The molecule has 0 aliphatic carbocycles. The Kier molecular flexibility index (Phi) is 4.92. The van der Waals surface area contributed by atoms with E-state index in [2.05, 4.69) is 10.0 Å². The van der Waals surface area contributed by atoms with E-state index in [9.17, 15) is 8.42 Å². The van der Waals surface area contributed by atoms with E-state index < -0.39 is 10.0 Å². The monoisotopic (exact) mass is 242 g/mol. The Hall–Kier alpha value is -0.910. The summed E-state index contributed by atoms with van der Waals surface area (Å²) in [5.41, 5.74) is 2.38. The fourth-order valence-corrected chi connectivity index (χ4v) is 1.86. The fourth-order valence-electron chi connectivity index (χ4n) is 1.25. The van der Waals surface area contributed by atoms with Gasteiger partial charge >= 0.3 is 0 Å². The second kappa shape index (κ2) is 5.98. The molecule has 1 rings (SSSR count). The molecule has 0 amide bonds. The smallest absolute Gasteiger partial charge is 0.212 e. The maximum absolute atomic E-state index is 11.1. The molecule has 0 radical (unpaired) electrons. The molecule has 90 valence electrons. The molecule has 0 aromatic heterocycles. The first kappa shape index (κ1) is 13.2. The van der Waals surface area contributed by atoms with Crippen LogP contribution in [0.4, 0.5) is 0 Å². The average Bonchev–Trinajstić information content (AvgIpc) is 2.27. The van der Waals surface area contributed by atoms with Crippen molar-refractivity contribution in [3.63, 3.8) is 0 Å². The van der Waals surface area contributed by atoms with Crippen LogP contribution in [0.5, 0.6) is 0 Å². The number of nitrogens with one attached hydrogen (secondary N) is 2. The average molecular weight is 242 g/mol. The van der Waals surface area contributed by atoms with Gasteiger partial charge in [-0.25, -0.2) is 13.1 Å². The van der Waals surface area contributed by atoms with Gasteiger partial charge in [0.2, 0.25) is 10.0 Å². The Bertz CT molecular complexity index is 412. The summed E-state index contributed by atoms with van der Waals surface area (Å²) >= 11 is 0. The molecule has 5 heteroatoms. The molecule has 1 aromatic rings. The number of benzene rings is 1. The van der Waals surface area contributed by atoms with Crippen molar-refractivity contribution in [3.8, 4) is 0 Å². The minimum atomic E-state index is -3.09. The zero-order valence-electron chi connectivity index (χ0n) is 9.66. The van der Waals surface area contributed by atoms with E-state index in [1.165, 1.54) is 12.6 Å². The zero-order valence-corrected chi connectivity index (χ0v) is 10.5. The van der Waals surface area contributed by atoms with E-state index in [1.54, 1.807) is 0 Å². The molecule has 0 atom stereocenters. The van der Waals surface area contributed by atoms with Crippen LogP contribution in [0.3, 0.4) is 0 Å². The van der Waals surface area contributed by atoms with Gasteiger partial charge in [0.05, 0.1) is 5.75 Å². The Labute approximate surface area is 97.1 Å². The third-order valence-corrected chi connectivity index (χ3v) is 3.67. The molecule has 2 N–H and O–H groups in total. The number of rotatable bonds is 6. The van der Waals surface area contributed by atoms with Gasteiger partial charge in [0, 0.05) is 13.1 Å². The molecule has 0 spiro atoms. The SMILES string of the molecule is CNS(=O)(=O)CCNCc1ccc(C)cc1. The topological polar surface area (TPSA) is 58.2 Å². The number of hydrogen-bond acceptors (Lipinski definition) is 3. The predicted octanol–water partition coefficient (Wildman–Crippen LogP) is 0.634. The quantitative estimate of drug-likeness (QED) is 0.720. The van der Waals surface area contributed by atoms with Crippen molar-refractivity contribution in [2.45, 2.75) is 13.5 Å². The molecule has 0 unspecified atom stereocenters. The summed E-state index contributed by atoms with van der Waals surface area (Å²) in [7, 11) is -1.67. The van der Waals surface area contributed by atoms with Crippen LogP contribution in [-0.2, 0) is 16.6 Å². The standard InChI is InChI=1S/C11H18N2O2S/c1-10-3-5-11(6-4-10)9-13-7-8-16(14,15)12-2/h3-6,12-13H,7-9H2,1-2H3. The Morgan fingerprint density at radius 1 is 1.19 bits per heavy atom. The van der Waals surface area contributed by atoms with Crippen molar-refractivity contribution in [3.05, 3.63) is 35.4 Å². The molecule has 0 bridgehead atoms. The minimum absolute atomic E-state index is 0.107. The first-order valence-corrected chi connectivity index (χ1v) is 6.86. The van der Waals surface area contributed by atoms with E-state index in [1.807, 2.05) is 31.2 Å². The van der Waals surface area contributed by atoms with Crippen LogP contribution in [0.15, 0.2) is 24.3 Å². The highest BCUT2D eigenvalue weighted by atomic mass is 32.2. The van der Waals surface area contributed by atoms with E-state index in [0.717, 1.165) is 5.56 Å². The van der Waals surface area contributed by atoms with Crippen LogP contribution in [0, 0.1) is 6.92 Å². The Morgan fingerprint density at radius 2 is 1.81 bits per heavy atom. The van der Waals surface area contributed by atoms with Crippen LogP contribution in [0.25, 0.3) is 0 Å². The third-order valence-electron chi connectivity index (χ3n) is 2.31. The van der Waals surface area contributed by atoms with Crippen molar-refractivity contribution in [1.29, 1.82) is 0 Å². The van der Waals surface area contributed by atoms with Crippen molar-refractivity contribution in [2.24, 2.45) is 0 Å². The second-order valence-corrected chi connectivity index (χ2v) is 5.73. The maximum atomic E-state index is 11.1. The van der Waals surface area contributed by atoms with Crippen LogP contribution in [-0.4, -0.2) is 27.8 Å². The summed E-state index contributed by atoms with van der Waals surface area (Å²) in [5, 5.41) is 3.09. The lowest BCUT2D eigenvalue weighted by Gasteiger charge is -2.05. The van der Waals surface area contributed by atoms with Gasteiger partial charge < -0.3 is 5.32 Å². The van der Waals surface area contributed by atoms with E-state index in [-0.39, 0.29) is 5.75 Å². The predicted molar refractivity (Wildman–Crippen MR) is 65.7 cm³/mol. The van der Waals surface area contributed by atoms with Crippen molar-refractivity contribution < 1.29 is 8.42 Å². The summed E-state index contributed by atoms with van der Waals surface area (Å²) in [6.45, 7) is 3.19. The van der Waals surface area contributed by atoms with Gasteiger partial charge in [0.25, 0.3) is 0 Å². The summed E-state index contributed by atoms with van der Waals surface area (Å²) in [6, 6.07) is 8.16. The second-order valence-electron chi connectivity index (χ2n) is 3.69. The molecule has 0 saturated heterocycles. The summed E-state index contributed by atoms with van der Waals surface area (Å²) < 4.78 is 24.5. The van der Waals surface area contributed by atoms with Gasteiger partial charge in [-0.15, -0.1) is 0 Å². The summed E-state index contributed by atoms with van der Waals surface area (Å²) in [6.07, 6.45) is 0. The van der Waals surface area contributed by atoms with E-state index in [4.69, 9.17) is 0 Å². The minimum Gasteiger partial charge on any atom is -0.312 e. The molecular weight excluding hydrogens is 224 g/mol. The molecule has 4 nitrogen and oxygen atoms in total. The van der Waals surface area contributed by atoms with Gasteiger partial charge in [0.1, 0.15) is 0 Å². The lowest BCUT2D eigenvalue weighted by molar-refractivity contribution is 0.583. The summed E-state index contributed by atoms with van der Waals surface area (Å²) in [4.78, 5) is 0. The molecule has 1 aromatic carbocycles. The Morgan fingerprint density at radius 3 is 2.38 bits per heavy atom. The maximum Gasteiger partial charge on any atom is 0.212 e. The largest absolute Gasteiger partial charge is 0.312 e. The van der Waals surface area contributed by atoms with Gasteiger partial charge in [-0.05, 0) is 19.5 Å². The zero-order chi connectivity index (χ0) is 12.0. The van der Waals surface area contributed by atoms with Crippen LogP contribution in [0.2, 0.25) is 0 Å². The van der Waals surface area contributed by atoms with Crippen molar-refractivity contribution in [1.82, 2.24) is 10.0 Å². The van der Waals surface area contributed by atoms with Crippen LogP contribution >= 0.6 is 0 Å². The highest BCUT2D eigenvalue weighted by Gasteiger charge is 2.04. The first-order valence-electron chi connectivity index (χ1n) is 5.21. The van der Waals surface area contributed by atoms with Crippen LogP contribution in [0.1, 0.15) is 11.1 Å². The van der Waals surface area contributed by atoms with Gasteiger partial charge in [-0.3, -0.25) is 0 Å². The normalized spacial score (nSPS) is 11.6. The number of hydrogen-bond donors (Lipinski definition) is 2. The lowest BCUT2D eigenvalue weighted by Crippen LogP contribution is -2.29.